The van der Waals surface area contributed by atoms with Crippen LogP contribution in [0.2, 0.25) is 0 Å². The van der Waals surface area contributed by atoms with Crippen LogP contribution in [0.4, 0.5) is 0 Å². The summed E-state index contributed by atoms with van der Waals surface area (Å²) in [4.78, 5) is 11.6. The Morgan fingerprint density at radius 2 is 0.408 bits per heavy atom. The monoisotopic (exact) mass is 1860 g/mol. The number of rotatable bonds is 73. The van der Waals surface area contributed by atoms with Gasteiger partial charge in [-0.25, -0.2) is 0 Å². The van der Waals surface area contributed by atoms with Crippen molar-refractivity contribution in [3.05, 3.63) is 210 Å². The molecular formula is C124H176S6. The molecule has 0 fully saturated rings. The number of aryl methyl sites for hydroxylation is 6. The van der Waals surface area contributed by atoms with Crippen LogP contribution in [0.5, 0.6) is 0 Å². The van der Waals surface area contributed by atoms with Crippen molar-refractivity contribution in [2.75, 3.05) is 0 Å². The smallest absolute Gasteiger partial charge is 0.0736 e. The first-order chi connectivity index (χ1) is 64.3. The third kappa shape index (κ3) is 29.1. The molecule has 0 bridgehead atoms. The fraction of sp³-hybridized carbons (Fsp3) is 0.613. The number of hydrogen-bond donors (Lipinski definition) is 0. The number of unbranched alkanes of at least 4 members (excludes halogenated alkanes) is 60. The van der Waals surface area contributed by atoms with Crippen molar-refractivity contribution in [2.45, 2.75) is 489 Å². The summed E-state index contributed by atoms with van der Waals surface area (Å²) >= 11 is 12.3. The second kappa shape index (κ2) is 57.3. The molecule has 0 saturated heterocycles. The van der Waals surface area contributed by atoms with Gasteiger partial charge in [-0.1, -0.05) is 510 Å². The topological polar surface area (TPSA) is 0 Å². The van der Waals surface area contributed by atoms with Crippen LogP contribution in [0, 0.1) is 13.8 Å². The minimum Gasteiger partial charge on any atom is -0.140 e. The Labute approximate surface area is 818 Å². The van der Waals surface area contributed by atoms with Crippen molar-refractivity contribution < 1.29 is 0 Å². The fourth-order valence-corrected chi connectivity index (χ4v) is 30.3. The van der Waals surface area contributed by atoms with E-state index in [2.05, 4.69) is 220 Å². The van der Waals surface area contributed by atoms with Gasteiger partial charge in [-0.2, -0.15) is 0 Å². The molecule has 0 spiro atoms. The molecule has 2 aliphatic rings. The molecule has 6 heteroatoms. The summed E-state index contributed by atoms with van der Waals surface area (Å²) in [6, 6.07) is 57.1. The van der Waals surface area contributed by atoms with E-state index in [9.17, 15) is 0 Å². The van der Waals surface area contributed by atoms with Gasteiger partial charge >= 0.3 is 0 Å². The van der Waals surface area contributed by atoms with Gasteiger partial charge in [0.25, 0.3) is 0 Å². The van der Waals surface area contributed by atoms with Crippen LogP contribution in [0.1, 0.15) is 515 Å². The summed E-state index contributed by atoms with van der Waals surface area (Å²) in [5.74, 6) is 0. The lowest BCUT2D eigenvalue weighted by atomic mass is 9.66. The Morgan fingerprint density at radius 1 is 0.185 bits per heavy atom. The fourth-order valence-electron chi connectivity index (χ4n) is 22.7. The molecule has 2 aliphatic carbocycles. The zero-order valence-corrected chi connectivity index (χ0v) is 88.1. The minimum absolute atomic E-state index is 0.463. The summed E-state index contributed by atoms with van der Waals surface area (Å²) in [5.41, 5.74) is 16.7. The molecule has 0 nitrogen and oxygen atoms in total. The Kier molecular flexibility index (Phi) is 45.2. The lowest BCUT2D eigenvalue weighted by molar-refractivity contribution is 0.529. The third-order valence-corrected chi connectivity index (χ3v) is 37.7. The first kappa shape index (κ1) is 102. The molecule has 0 saturated carbocycles. The normalized spacial score (nSPS) is 13.2. The average molecular weight is 1860 g/mol. The van der Waals surface area contributed by atoms with Gasteiger partial charge in [0.05, 0.1) is 25.5 Å². The minimum atomic E-state index is -0.514. The molecule has 0 atom stereocenters. The number of hydrogen-bond acceptors (Lipinski definition) is 6. The summed E-state index contributed by atoms with van der Waals surface area (Å²) in [6.45, 7) is 14.0. The number of fused-ring (bicyclic) bond motifs is 11. The highest BCUT2D eigenvalue weighted by atomic mass is 32.1. The molecule has 0 amide bonds. The largest absolute Gasteiger partial charge is 0.140 e. The molecular weight excluding hydrogens is 1680 g/mol. The highest BCUT2D eigenvalue weighted by Gasteiger charge is 2.53. The van der Waals surface area contributed by atoms with Gasteiger partial charge in [0, 0.05) is 43.2 Å². The molecule has 13 rings (SSSR count). The summed E-state index contributed by atoms with van der Waals surface area (Å²) in [7, 11) is 0. The molecule has 0 N–H and O–H groups in total. The van der Waals surface area contributed by atoms with Gasteiger partial charge in [-0.15, -0.1) is 68.0 Å². The Bertz CT molecular complexity index is 4720. The van der Waals surface area contributed by atoms with Crippen molar-refractivity contribution in [2.24, 2.45) is 0 Å². The summed E-state index contributed by atoms with van der Waals surface area (Å²) in [5, 5.41) is 2.90. The molecule has 5 aromatic carbocycles. The molecule has 0 unspecified atom stereocenters. The van der Waals surface area contributed by atoms with Crippen LogP contribution in [-0.2, 0) is 36.5 Å². The van der Waals surface area contributed by atoms with E-state index in [-0.39, 0.29) is 0 Å². The number of benzene rings is 5. The standard InChI is InChI=1S/C124H176S6/c1-7-11-15-19-23-27-31-35-39-43-47-51-55-59-63-67-71-99-75-83-103(84-76-99)123(104-85-77-100(78-86-104)72-68-64-60-56-52-48-44-40-36-32-28-24-20-16-12-8-2)109-91-97(5)126-119(109)121-117(123)107-93-112-108(94-111(107)128-121)118-122(129-112)120-110(95-114(130-120)116-96-115-113(127-116)92-98(6)125-115)124(118,105-87-79-101(80-88-105)73-69-65-61-57-53-49-45-41-37-33-29-25-21-17-13-9-3)106-89-81-102(82-90-106)74-70-66-62-58-54-50-46-42-38-34-30-26-22-18-14-10-4/h75-96H,7-74H2,1-6H3. The van der Waals surface area contributed by atoms with Crippen LogP contribution in [-0.4, -0.2) is 0 Å². The quantitative estimate of drug-likeness (QED) is 0.0333. The van der Waals surface area contributed by atoms with Crippen molar-refractivity contribution in [3.63, 3.8) is 0 Å². The Morgan fingerprint density at radius 3 is 0.669 bits per heavy atom. The van der Waals surface area contributed by atoms with Gasteiger partial charge in [0.1, 0.15) is 0 Å². The first-order valence-corrected chi connectivity index (χ1v) is 60.3. The van der Waals surface area contributed by atoms with E-state index in [1.807, 2.05) is 22.7 Å². The number of thiophene rings is 6. The van der Waals surface area contributed by atoms with E-state index in [1.54, 1.807) is 0 Å². The lowest BCUT2D eigenvalue weighted by Gasteiger charge is -2.34. The highest BCUT2D eigenvalue weighted by molar-refractivity contribution is 7.33. The van der Waals surface area contributed by atoms with Crippen LogP contribution in [0.15, 0.2) is 133 Å². The van der Waals surface area contributed by atoms with Crippen molar-refractivity contribution in [1.82, 2.24) is 0 Å². The molecule has 130 heavy (non-hydrogen) atoms. The molecule has 708 valence electrons. The van der Waals surface area contributed by atoms with Gasteiger partial charge in [0.15, 0.2) is 0 Å². The SMILES string of the molecule is CCCCCCCCCCCCCCCCCCc1ccc(C2(c3ccc(CCCCCCCCCCCCCCCCCC)cc3)c3cc(C)sc3-c3sc4cc5c6c(sc5cc4c32)-c2sc(-c3cc4sc(C)cc4s3)cc2C6(c2ccc(CCCCCCCCCCCCCCCCCC)cc2)c2ccc(CCCCCCCCCCCCCCCCCC)cc2)cc1. The van der Waals surface area contributed by atoms with Crippen LogP contribution in [0.25, 0.3) is 58.8 Å². The Hall–Kier alpha value is -4.92. The van der Waals surface area contributed by atoms with E-state index in [1.165, 1.54) is 546 Å². The molecule has 6 aromatic heterocycles. The zero-order chi connectivity index (χ0) is 89.9. The molecule has 0 radical (unpaired) electrons. The lowest BCUT2D eigenvalue weighted by Crippen LogP contribution is -2.28. The van der Waals surface area contributed by atoms with E-state index >= 15 is 0 Å². The van der Waals surface area contributed by atoms with Crippen LogP contribution < -0.4 is 0 Å². The first-order valence-electron chi connectivity index (χ1n) is 55.4. The molecule has 11 aromatic rings. The maximum Gasteiger partial charge on any atom is 0.0736 e. The summed E-state index contributed by atoms with van der Waals surface area (Å²) < 4.78 is 5.72. The van der Waals surface area contributed by atoms with E-state index < -0.39 is 10.8 Å². The van der Waals surface area contributed by atoms with Crippen molar-refractivity contribution in [3.8, 4) is 29.3 Å². The summed E-state index contributed by atoms with van der Waals surface area (Å²) in [6.07, 6.45) is 94.5. The highest BCUT2D eigenvalue weighted by Crippen LogP contribution is 2.67. The van der Waals surface area contributed by atoms with Crippen LogP contribution in [0.3, 0.4) is 0 Å². The second-order valence-electron chi connectivity index (χ2n) is 41.1. The van der Waals surface area contributed by atoms with Gasteiger partial charge in [-0.3, -0.25) is 0 Å². The third-order valence-electron chi connectivity index (χ3n) is 30.5. The molecule has 0 aliphatic heterocycles. The predicted molar refractivity (Wildman–Crippen MR) is 589 cm³/mol. The second-order valence-corrected chi connectivity index (χ2v) is 47.9. The van der Waals surface area contributed by atoms with Crippen LogP contribution >= 0.6 is 68.0 Å². The van der Waals surface area contributed by atoms with E-state index in [0.717, 1.165) is 25.7 Å². The maximum atomic E-state index is 2.75. The van der Waals surface area contributed by atoms with Crippen molar-refractivity contribution in [1.29, 1.82) is 0 Å². The maximum absolute atomic E-state index is 2.75. The van der Waals surface area contributed by atoms with Gasteiger partial charge in [0.2, 0.25) is 0 Å². The zero-order valence-electron chi connectivity index (χ0n) is 83.2. The van der Waals surface area contributed by atoms with E-state index in [0.29, 0.717) is 0 Å². The van der Waals surface area contributed by atoms with Gasteiger partial charge < -0.3 is 0 Å². The van der Waals surface area contributed by atoms with Crippen molar-refractivity contribution >= 4 is 97.6 Å². The van der Waals surface area contributed by atoms with E-state index in [4.69, 9.17) is 0 Å². The average Bonchev–Trinajstić information content (AvgIpc) is 1.50. The Balaban J connectivity index is 0.778. The predicted octanol–water partition coefficient (Wildman–Crippen LogP) is 43.7. The van der Waals surface area contributed by atoms with Gasteiger partial charge in [-0.05, 0) is 179 Å². The molecule has 6 heterocycles.